The van der Waals surface area contributed by atoms with E-state index in [9.17, 15) is 8.42 Å². The molecule has 0 amide bonds. The van der Waals surface area contributed by atoms with Gasteiger partial charge in [0.25, 0.3) is 0 Å². The molecule has 0 aliphatic rings. The minimum atomic E-state index is -2.37. The predicted octanol–water partition coefficient (Wildman–Crippen LogP) is 1.34. The quantitative estimate of drug-likeness (QED) is 0.740. The minimum Gasteiger partial charge on any atom is -0.385 e. The monoisotopic (exact) mass is 212 g/mol. The van der Waals surface area contributed by atoms with Crippen molar-refractivity contribution in [2.24, 2.45) is 0 Å². The van der Waals surface area contributed by atoms with Crippen molar-refractivity contribution in [2.75, 3.05) is 11.9 Å². The number of hydrogen-bond acceptors (Lipinski definition) is 3. The number of anilines is 1. The molecule has 0 bridgehead atoms. The maximum absolute atomic E-state index is 10.6. The lowest BCUT2D eigenvalue weighted by molar-refractivity contribution is 0.614. The van der Waals surface area contributed by atoms with Gasteiger partial charge in [0.2, 0.25) is 0 Å². The zero-order chi connectivity index (χ0) is 10.6. The maximum Gasteiger partial charge on any atom is 0.144 e. The second kappa shape index (κ2) is 5.00. The molecule has 14 heavy (non-hydrogen) atoms. The number of aryl methyl sites for hydroxylation is 1. The summed E-state index contributed by atoms with van der Waals surface area (Å²) in [5.41, 5.74) is 2.68. The summed E-state index contributed by atoms with van der Waals surface area (Å²) in [6.07, 6.45) is 0. The van der Waals surface area contributed by atoms with Crippen LogP contribution in [0.15, 0.2) is 12.1 Å². The average Bonchev–Trinajstić information content (AvgIpc) is 2.10. The Kier molecular flexibility index (Phi) is 3.95. The van der Waals surface area contributed by atoms with Crippen LogP contribution in [0.1, 0.15) is 18.1 Å². The summed E-state index contributed by atoms with van der Waals surface area (Å²) in [7, 11) is -2.37. The van der Waals surface area contributed by atoms with Crippen LogP contribution in [0.2, 0.25) is 0 Å². The molecule has 0 atom stereocenters. The van der Waals surface area contributed by atoms with Crippen molar-refractivity contribution in [3.63, 3.8) is 0 Å². The Bertz CT molecular complexity index is 378. The van der Waals surface area contributed by atoms with Crippen LogP contribution in [0.25, 0.3) is 0 Å². The molecule has 0 aliphatic heterocycles. The highest BCUT2D eigenvalue weighted by Gasteiger charge is 2.04. The molecule has 0 aromatic heterocycles. The van der Waals surface area contributed by atoms with E-state index in [0.29, 0.717) is 0 Å². The van der Waals surface area contributed by atoms with Gasteiger partial charge in [-0.05, 0) is 31.0 Å². The number of hydrogen-bond donors (Lipinski definition) is 2. The van der Waals surface area contributed by atoms with E-state index in [1.165, 1.54) is 0 Å². The molecule has 1 aromatic rings. The molecule has 0 aliphatic carbocycles. The van der Waals surface area contributed by atoms with Crippen molar-refractivity contribution in [3.8, 4) is 0 Å². The largest absolute Gasteiger partial charge is 0.385 e. The molecule has 3 nitrogen and oxygen atoms in total. The fourth-order valence-corrected chi connectivity index (χ4v) is 1.90. The molecule has 1 radical (unpaired) electrons. The predicted molar refractivity (Wildman–Crippen MR) is 58.2 cm³/mol. The molecular formula is C10H14NO2S. The second-order valence-electron chi connectivity index (χ2n) is 3.02. The maximum atomic E-state index is 10.6. The first kappa shape index (κ1) is 11.0. The van der Waals surface area contributed by atoms with Crippen molar-refractivity contribution >= 4 is 16.4 Å². The van der Waals surface area contributed by atoms with Crippen molar-refractivity contribution in [1.82, 2.24) is 0 Å². The van der Waals surface area contributed by atoms with Crippen LogP contribution in [-0.4, -0.2) is 15.0 Å². The molecule has 0 fully saturated rings. The van der Waals surface area contributed by atoms with Gasteiger partial charge in [0.05, 0.1) is 5.75 Å². The normalized spacial score (nSPS) is 10.5. The minimum absolute atomic E-state index is 0.0905. The van der Waals surface area contributed by atoms with Crippen molar-refractivity contribution < 1.29 is 8.42 Å². The molecule has 0 heterocycles. The van der Waals surface area contributed by atoms with E-state index in [1.807, 2.05) is 13.8 Å². The van der Waals surface area contributed by atoms with Crippen LogP contribution < -0.4 is 5.32 Å². The fourth-order valence-electron chi connectivity index (χ4n) is 1.36. The molecule has 1 aromatic carbocycles. The van der Waals surface area contributed by atoms with Gasteiger partial charge in [-0.25, -0.2) is 8.42 Å². The van der Waals surface area contributed by atoms with Gasteiger partial charge in [-0.2, -0.15) is 0 Å². The van der Waals surface area contributed by atoms with Crippen molar-refractivity contribution in [3.05, 3.63) is 29.3 Å². The molecule has 0 saturated carbocycles. The summed E-state index contributed by atoms with van der Waals surface area (Å²) in [5, 5.41) is 3.15. The zero-order valence-corrected chi connectivity index (χ0v) is 9.23. The van der Waals surface area contributed by atoms with Crippen LogP contribution >= 0.6 is 0 Å². The van der Waals surface area contributed by atoms with Gasteiger partial charge in [-0.15, -0.1) is 0 Å². The third kappa shape index (κ3) is 2.73. The summed E-state index contributed by atoms with van der Waals surface area (Å²) < 4.78 is 21.3. The van der Waals surface area contributed by atoms with Gasteiger partial charge in [0.1, 0.15) is 10.7 Å². The first-order valence-electron chi connectivity index (χ1n) is 4.51. The Morgan fingerprint density at radius 3 is 2.79 bits per heavy atom. The van der Waals surface area contributed by atoms with Gasteiger partial charge in [-0.3, -0.25) is 0 Å². The van der Waals surface area contributed by atoms with E-state index in [4.69, 9.17) is 0 Å². The number of thiol groups is 1. The molecule has 0 unspecified atom stereocenters. The van der Waals surface area contributed by atoms with E-state index >= 15 is 0 Å². The van der Waals surface area contributed by atoms with Crippen molar-refractivity contribution in [1.29, 1.82) is 0 Å². The van der Waals surface area contributed by atoms with Gasteiger partial charge in [0.15, 0.2) is 0 Å². The van der Waals surface area contributed by atoms with Crippen LogP contribution in [0, 0.1) is 13.0 Å². The molecule has 0 spiro atoms. The SMILES string of the molecule is CCNc1c(C)[c]ccc1C[SH](=O)=O. The summed E-state index contributed by atoms with van der Waals surface area (Å²) >= 11 is 0. The van der Waals surface area contributed by atoms with Crippen molar-refractivity contribution in [2.45, 2.75) is 19.6 Å². The van der Waals surface area contributed by atoms with E-state index in [1.54, 1.807) is 12.1 Å². The summed E-state index contributed by atoms with van der Waals surface area (Å²) in [6.45, 7) is 4.67. The van der Waals surface area contributed by atoms with Gasteiger partial charge in [0, 0.05) is 12.2 Å². The first-order valence-corrected chi connectivity index (χ1v) is 5.87. The lowest BCUT2D eigenvalue weighted by Crippen LogP contribution is -2.03. The van der Waals surface area contributed by atoms with Gasteiger partial charge in [-0.1, -0.05) is 12.1 Å². The summed E-state index contributed by atoms with van der Waals surface area (Å²) in [4.78, 5) is 0. The molecular weight excluding hydrogens is 198 g/mol. The molecule has 1 rings (SSSR count). The Hall–Kier alpha value is -1.03. The summed E-state index contributed by atoms with van der Waals surface area (Å²) in [5.74, 6) is 0.0905. The highest BCUT2D eigenvalue weighted by atomic mass is 32.2. The Labute approximate surface area is 86.1 Å². The Balaban J connectivity index is 3.07. The van der Waals surface area contributed by atoms with E-state index in [0.717, 1.165) is 23.4 Å². The highest BCUT2D eigenvalue weighted by Crippen LogP contribution is 2.20. The average molecular weight is 212 g/mol. The molecule has 77 valence electrons. The third-order valence-electron chi connectivity index (χ3n) is 1.93. The van der Waals surface area contributed by atoms with E-state index in [-0.39, 0.29) is 5.75 Å². The Morgan fingerprint density at radius 2 is 2.21 bits per heavy atom. The number of nitrogens with one attached hydrogen (secondary N) is 1. The van der Waals surface area contributed by atoms with Gasteiger partial charge >= 0.3 is 0 Å². The molecule has 4 heteroatoms. The second-order valence-corrected chi connectivity index (χ2v) is 4.01. The lowest BCUT2D eigenvalue weighted by Gasteiger charge is -2.11. The zero-order valence-electron chi connectivity index (χ0n) is 8.33. The Morgan fingerprint density at radius 1 is 1.50 bits per heavy atom. The third-order valence-corrected chi connectivity index (χ3v) is 2.53. The summed E-state index contributed by atoms with van der Waals surface area (Å²) in [6, 6.07) is 6.58. The van der Waals surface area contributed by atoms with Crippen LogP contribution in [-0.2, 0) is 16.5 Å². The van der Waals surface area contributed by atoms with E-state index in [2.05, 4.69) is 11.4 Å². The fraction of sp³-hybridized carbons (Fsp3) is 0.400. The highest BCUT2D eigenvalue weighted by molar-refractivity contribution is 7.71. The lowest BCUT2D eigenvalue weighted by atomic mass is 10.1. The molecule has 0 saturated heterocycles. The standard InChI is InChI=1S/C10H14NO2S/c1-3-11-10-8(2)5-4-6-9(10)7-14(12)13/h4,6,11,14H,3,7H2,1-2H3. The number of rotatable bonds is 4. The van der Waals surface area contributed by atoms with Crippen LogP contribution in [0.4, 0.5) is 5.69 Å². The first-order chi connectivity index (χ1) is 6.65. The van der Waals surface area contributed by atoms with Crippen LogP contribution in [0.3, 0.4) is 0 Å². The topological polar surface area (TPSA) is 46.2 Å². The number of benzene rings is 1. The van der Waals surface area contributed by atoms with E-state index < -0.39 is 10.7 Å². The molecule has 1 N–H and O–H groups in total. The van der Waals surface area contributed by atoms with Crippen LogP contribution in [0.5, 0.6) is 0 Å². The smallest absolute Gasteiger partial charge is 0.144 e. The van der Waals surface area contributed by atoms with Gasteiger partial charge < -0.3 is 5.32 Å².